The van der Waals surface area contributed by atoms with Crippen LogP contribution in [0.4, 0.5) is 0 Å². The highest BCUT2D eigenvalue weighted by Crippen LogP contribution is 2.21. The molecule has 0 spiro atoms. The van der Waals surface area contributed by atoms with Gasteiger partial charge in [-0.3, -0.25) is 18.8 Å². The van der Waals surface area contributed by atoms with Crippen molar-refractivity contribution in [2.45, 2.75) is 20.1 Å². The number of hydrogen-bond donors (Lipinski definition) is 0. The van der Waals surface area contributed by atoms with E-state index in [2.05, 4.69) is 15.1 Å². The molecule has 0 aliphatic heterocycles. The van der Waals surface area contributed by atoms with Crippen molar-refractivity contribution >= 4 is 17.0 Å². The lowest BCUT2D eigenvalue weighted by atomic mass is 10.2. The fourth-order valence-electron chi connectivity index (χ4n) is 2.78. The Kier molecular flexibility index (Phi) is 4.48. The van der Waals surface area contributed by atoms with Crippen molar-refractivity contribution in [3.8, 4) is 11.5 Å². The molecule has 3 heterocycles. The van der Waals surface area contributed by atoms with Gasteiger partial charge in [0.2, 0.25) is 5.89 Å². The first-order valence-corrected chi connectivity index (χ1v) is 8.57. The summed E-state index contributed by atoms with van der Waals surface area (Å²) in [6.07, 6.45) is 2.73. The highest BCUT2D eigenvalue weighted by atomic mass is 16.5. The molecule has 0 saturated carbocycles. The minimum Gasteiger partial charge on any atom is -0.458 e. The smallest absolute Gasteiger partial charge is 0.326 e. The second-order valence-electron chi connectivity index (χ2n) is 6.23. The number of esters is 1. The summed E-state index contributed by atoms with van der Waals surface area (Å²) in [6, 6.07) is 9.45. The van der Waals surface area contributed by atoms with Crippen molar-refractivity contribution in [1.82, 2.24) is 24.3 Å². The van der Waals surface area contributed by atoms with Gasteiger partial charge in [-0.25, -0.2) is 9.97 Å². The SMILES string of the molecule is Cc1oc(-c2ccccc2)nc1COC(=O)Cn1cnc2c(cnn2C)c1=O. The summed E-state index contributed by atoms with van der Waals surface area (Å²) in [7, 11) is 1.69. The summed E-state index contributed by atoms with van der Waals surface area (Å²) < 4.78 is 13.6. The summed E-state index contributed by atoms with van der Waals surface area (Å²) in [5, 5.41) is 4.34. The number of carbonyl (C=O) groups is 1. The van der Waals surface area contributed by atoms with E-state index in [0.717, 1.165) is 5.56 Å². The molecule has 28 heavy (non-hydrogen) atoms. The van der Waals surface area contributed by atoms with Gasteiger partial charge in [-0.2, -0.15) is 5.10 Å². The minimum atomic E-state index is -0.573. The number of ether oxygens (including phenoxy) is 1. The molecule has 0 atom stereocenters. The van der Waals surface area contributed by atoms with Gasteiger partial charge in [0, 0.05) is 12.6 Å². The number of fused-ring (bicyclic) bond motifs is 1. The van der Waals surface area contributed by atoms with Gasteiger partial charge in [-0.1, -0.05) is 18.2 Å². The van der Waals surface area contributed by atoms with Crippen LogP contribution in [0.5, 0.6) is 0 Å². The van der Waals surface area contributed by atoms with Gasteiger partial charge in [-0.05, 0) is 19.1 Å². The van der Waals surface area contributed by atoms with Crippen LogP contribution in [-0.4, -0.2) is 30.3 Å². The Bertz CT molecular complexity index is 1210. The normalized spacial score (nSPS) is 11.1. The molecule has 0 N–H and O–H groups in total. The van der Waals surface area contributed by atoms with E-state index >= 15 is 0 Å². The lowest BCUT2D eigenvalue weighted by Gasteiger charge is -2.06. The first-order valence-electron chi connectivity index (χ1n) is 8.57. The van der Waals surface area contributed by atoms with Crippen LogP contribution < -0.4 is 5.56 Å². The number of aromatic nitrogens is 5. The van der Waals surface area contributed by atoms with Crippen LogP contribution in [-0.2, 0) is 29.7 Å². The third kappa shape index (κ3) is 3.29. The van der Waals surface area contributed by atoms with Gasteiger partial charge in [0.1, 0.15) is 36.3 Å². The Balaban J connectivity index is 1.45. The lowest BCUT2D eigenvalue weighted by Crippen LogP contribution is -2.25. The second-order valence-corrected chi connectivity index (χ2v) is 6.23. The van der Waals surface area contributed by atoms with Crippen LogP contribution in [0.15, 0.2) is 52.1 Å². The Morgan fingerprint density at radius 3 is 2.82 bits per heavy atom. The molecule has 4 rings (SSSR count). The molecular weight excluding hydrogens is 362 g/mol. The van der Waals surface area contributed by atoms with Crippen LogP contribution in [0.3, 0.4) is 0 Å². The standard InChI is InChI=1S/C19H17N5O4/c1-12-15(22-18(28-12)13-6-4-3-5-7-13)10-27-16(25)9-24-11-20-17-14(19(24)26)8-21-23(17)2/h3-8,11H,9-10H2,1-2H3. The third-order valence-electron chi connectivity index (χ3n) is 4.30. The Morgan fingerprint density at radius 2 is 2.04 bits per heavy atom. The van der Waals surface area contributed by atoms with Gasteiger partial charge in [-0.15, -0.1) is 0 Å². The Hall–Kier alpha value is -3.75. The summed E-state index contributed by atoms with van der Waals surface area (Å²) in [4.78, 5) is 33.1. The average molecular weight is 379 g/mol. The summed E-state index contributed by atoms with van der Waals surface area (Å²) >= 11 is 0. The molecule has 0 aliphatic rings. The average Bonchev–Trinajstić information content (AvgIpc) is 3.26. The van der Waals surface area contributed by atoms with E-state index in [1.54, 1.807) is 14.0 Å². The van der Waals surface area contributed by atoms with Gasteiger partial charge in [0.25, 0.3) is 5.56 Å². The van der Waals surface area contributed by atoms with Gasteiger partial charge < -0.3 is 9.15 Å². The lowest BCUT2D eigenvalue weighted by molar-refractivity contribution is -0.145. The van der Waals surface area contributed by atoms with Crippen LogP contribution in [0.25, 0.3) is 22.5 Å². The highest BCUT2D eigenvalue weighted by molar-refractivity contribution is 5.74. The van der Waals surface area contributed by atoms with Gasteiger partial charge >= 0.3 is 5.97 Å². The number of carbonyl (C=O) groups excluding carboxylic acids is 1. The van der Waals surface area contributed by atoms with Crippen molar-refractivity contribution in [3.05, 3.63) is 64.7 Å². The zero-order chi connectivity index (χ0) is 19.7. The van der Waals surface area contributed by atoms with Crippen LogP contribution in [0, 0.1) is 6.92 Å². The van der Waals surface area contributed by atoms with Crippen molar-refractivity contribution < 1.29 is 13.9 Å². The van der Waals surface area contributed by atoms with Gasteiger partial charge in [0.15, 0.2) is 5.65 Å². The van der Waals surface area contributed by atoms with E-state index in [9.17, 15) is 9.59 Å². The first kappa shape index (κ1) is 17.7. The molecule has 0 fully saturated rings. The summed E-state index contributed by atoms with van der Waals surface area (Å²) in [6.45, 7) is 1.46. The molecular formula is C19H17N5O4. The third-order valence-corrected chi connectivity index (χ3v) is 4.30. The van der Waals surface area contributed by atoms with E-state index < -0.39 is 5.97 Å². The number of hydrogen-bond acceptors (Lipinski definition) is 7. The number of rotatable bonds is 5. The van der Waals surface area contributed by atoms with Crippen molar-refractivity contribution in [1.29, 1.82) is 0 Å². The molecule has 9 heteroatoms. The zero-order valence-electron chi connectivity index (χ0n) is 15.3. The predicted octanol–water partition coefficient (Wildman–Crippen LogP) is 1.84. The first-order chi connectivity index (χ1) is 13.5. The predicted molar refractivity (Wildman–Crippen MR) is 99.2 cm³/mol. The molecule has 4 aromatic rings. The summed E-state index contributed by atoms with van der Waals surface area (Å²) in [5.74, 6) is 0.463. The van der Waals surface area contributed by atoms with E-state index in [-0.39, 0.29) is 18.7 Å². The highest BCUT2D eigenvalue weighted by Gasteiger charge is 2.15. The molecule has 0 radical (unpaired) electrons. The van der Waals surface area contributed by atoms with Crippen molar-refractivity contribution in [2.75, 3.05) is 0 Å². The topological polar surface area (TPSA) is 105 Å². The summed E-state index contributed by atoms with van der Waals surface area (Å²) in [5.41, 5.74) is 1.48. The van der Waals surface area contributed by atoms with Gasteiger partial charge in [0.05, 0.1) is 6.20 Å². The molecule has 0 unspecified atom stereocenters. The maximum atomic E-state index is 12.4. The molecule has 142 valence electrons. The quantitative estimate of drug-likeness (QED) is 0.487. The molecule has 9 nitrogen and oxygen atoms in total. The zero-order valence-corrected chi connectivity index (χ0v) is 15.3. The monoisotopic (exact) mass is 379 g/mol. The molecule has 0 bridgehead atoms. The van der Waals surface area contributed by atoms with Crippen LogP contribution in [0.1, 0.15) is 11.5 Å². The molecule has 3 aromatic heterocycles. The maximum Gasteiger partial charge on any atom is 0.326 e. The second kappa shape index (κ2) is 7.10. The molecule has 0 amide bonds. The number of benzene rings is 1. The number of aryl methyl sites for hydroxylation is 2. The fourth-order valence-corrected chi connectivity index (χ4v) is 2.78. The molecule has 1 aromatic carbocycles. The Morgan fingerprint density at radius 1 is 1.25 bits per heavy atom. The van der Waals surface area contributed by atoms with E-state index in [1.165, 1.54) is 21.8 Å². The number of nitrogens with zero attached hydrogens (tertiary/aromatic N) is 5. The van der Waals surface area contributed by atoms with Crippen LogP contribution >= 0.6 is 0 Å². The van der Waals surface area contributed by atoms with E-state index in [1.807, 2.05) is 30.3 Å². The van der Waals surface area contributed by atoms with Crippen molar-refractivity contribution in [3.63, 3.8) is 0 Å². The van der Waals surface area contributed by atoms with E-state index in [0.29, 0.717) is 28.4 Å². The van der Waals surface area contributed by atoms with Crippen molar-refractivity contribution in [2.24, 2.45) is 7.05 Å². The molecule has 0 saturated heterocycles. The van der Waals surface area contributed by atoms with E-state index in [4.69, 9.17) is 9.15 Å². The minimum absolute atomic E-state index is 0.0433. The Labute approximate surface area is 159 Å². The van der Waals surface area contributed by atoms with Crippen LogP contribution in [0.2, 0.25) is 0 Å². The maximum absolute atomic E-state index is 12.4. The molecule has 0 aliphatic carbocycles. The number of oxazole rings is 1. The largest absolute Gasteiger partial charge is 0.458 e. The fraction of sp³-hybridized carbons (Fsp3) is 0.211.